The summed E-state index contributed by atoms with van der Waals surface area (Å²) in [7, 11) is 2.16. The van der Waals surface area contributed by atoms with Gasteiger partial charge < -0.3 is 20.0 Å². The molecule has 7 nitrogen and oxygen atoms in total. The zero-order chi connectivity index (χ0) is 22.8. The second kappa shape index (κ2) is 8.44. The van der Waals surface area contributed by atoms with Gasteiger partial charge in [0.1, 0.15) is 5.82 Å². The first-order chi connectivity index (χ1) is 14.5. The Morgan fingerprint density at radius 3 is 2.23 bits per heavy atom. The third-order valence-electron chi connectivity index (χ3n) is 5.67. The lowest BCUT2D eigenvalue weighted by atomic mass is 9.74. The number of aromatic carboxylic acids is 1. The second-order valence-corrected chi connectivity index (χ2v) is 7.63. The minimum atomic E-state index is -5.08. The van der Waals surface area contributed by atoms with Crippen molar-refractivity contribution in [2.75, 3.05) is 36.5 Å². The third kappa shape index (κ3) is 4.73. The number of anilines is 2. The van der Waals surface area contributed by atoms with Crippen LogP contribution in [-0.2, 0) is 10.2 Å². The van der Waals surface area contributed by atoms with E-state index in [-0.39, 0.29) is 11.1 Å². The van der Waals surface area contributed by atoms with Gasteiger partial charge in [-0.25, -0.2) is 14.6 Å². The number of carboxylic acid groups (broad SMARTS) is 2. The molecule has 0 atom stereocenters. The summed E-state index contributed by atoms with van der Waals surface area (Å²) in [6.45, 7) is 2.86. The molecule has 1 spiro atoms. The Hall–Kier alpha value is -3.30. The average molecular weight is 437 g/mol. The molecule has 2 aromatic rings. The molecule has 0 amide bonds. The minimum absolute atomic E-state index is 0.110. The Bertz CT molecular complexity index is 972. The summed E-state index contributed by atoms with van der Waals surface area (Å²) >= 11 is 0. The van der Waals surface area contributed by atoms with Gasteiger partial charge in [-0.3, -0.25) is 0 Å². The van der Waals surface area contributed by atoms with E-state index < -0.39 is 18.1 Å². The van der Waals surface area contributed by atoms with Crippen molar-refractivity contribution in [2.24, 2.45) is 0 Å². The molecular weight excluding hydrogens is 415 g/mol. The number of benzene rings is 1. The highest BCUT2D eigenvalue weighted by Gasteiger charge is 2.43. The summed E-state index contributed by atoms with van der Waals surface area (Å²) < 4.78 is 31.7. The molecule has 0 saturated carbocycles. The van der Waals surface area contributed by atoms with Crippen LogP contribution in [0.1, 0.15) is 28.9 Å². The SMILES string of the molecule is CN1CC2(CCN(c3cccc(C(=O)O)n3)CC2)c2ccccc21.O=C(O)C(F)(F)F. The summed E-state index contributed by atoms with van der Waals surface area (Å²) in [5.74, 6) is -2.96. The number of fused-ring (bicyclic) bond motifs is 2. The molecular formula is C21H22F3N3O4. The predicted octanol–water partition coefficient (Wildman–Crippen LogP) is 3.40. The van der Waals surface area contributed by atoms with E-state index in [1.165, 1.54) is 11.3 Å². The predicted molar refractivity (Wildman–Crippen MR) is 108 cm³/mol. The van der Waals surface area contributed by atoms with E-state index in [2.05, 4.69) is 46.1 Å². The van der Waals surface area contributed by atoms with Crippen molar-refractivity contribution >= 4 is 23.4 Å². The van der Waals surface area contributed by atoms with Gasteiger partial charge in [0.2, 0.25) is 0 Å². The molecule has 1 aromatic carbocycles. The first-order valence-electron chi connectivity index (χ1n) is 9.59. The number of likely N-dealkylation sites (N-methyl/N-ethyl adjacent to an activating group) is 1. The van der Waals surface area contributed by atoms with Crippen LogP contribution in [0.3, 0.4) is 0 Å². The number of hydrogen-bond acceptors (Lipinski definition) is 5. The van der Waals surface area contributed by atoms with E-state index in [1.807, 2.05) is 6.07 Å². The molecule has 0 radical (unpaired) electrons. The van der Waals surface area contributed by atoms with Crippen molar-refractivity contribution in [3.63, 3.8) is 0 Å². The number of hydrogen-bond donors (Lipinski definition) is 2. The number of halogens is 3. The fourth-order valence-corrected chi connectivity index (χ4v) is 4.19. The Kier molecular flexibility index (Phi) is 6.10. The van der Waals surface area contributed by atoms with Crippen LogP contribution in [0.2, 0.25) is 0 Å². The second-order valence-electron chi connectivity index (χ2n) is 7.63. The van der Waals surface area contributed by atoms with E-state index in [0.29, 0.717) is 0 Å². The number of carboxylic acids is 2. The molecule has 2 aliphatic heterocycles. The van der Waals surface area contributed by atoms with Gasteiger partial charge in [0.15, 0.2) is 5.69 Å². The van der Waals surface area contributed by atoms with Crippen LogP contribution in [0.4, 0.5) is 24.7 Å². The highest BCUT2D eigenvalue weighted by atomic mass is 19.4. The smallest absolute Gasteiger partial charge is 0.477 e. The molecule has 0 bridgehead atoms. The minimum Gasteiger partial charge on any atom is -0.477 e. The van der Waals surface area contributed by atoms with Crippen molar-refractivity contribution in [3.05, 3.63) is 53.7 Å². The van der Waals surface area contributed by atoms with Gasteiger partial charge in [0.25, 0.3) is 0 Å². The summed E-state index contributed by atoms with van der Waals surface area (Å²) in [6.07, 6.45) is -2.96. The normalized spacial score (nSPS) is 17.0. The number of rotatable bonds is 2. The summed E-state index contributed by atoms with van der Waals surface area (Å²) in [5, 5.41) is 16.3. The Labute approximate surface area is 176 Å². The van der Waals surface area contributed by atoms with Crippen LogP contribution >= 0.6 is 0 Å². The average Bonchev–Trinajstić information content (AvgIpc) is 3.00. The third-order valence-corrected chi connectivity index (χ3v) is 5.67. The topological polar surface area (TPSA) is 94.0 Å². The summed E-state index contributed by atoms with van der Waals surface area (Å²) in [5.41, 5.74) is 3.13. The maximum atomic E-state index is 11.1. The first kappa shape index (κ1) is 22.4. The number of para-hydroxylation sites is 1. The molecule has 0 aliphatic carbocycles. The molecule has 10 heteroatoms. The van der Waals surface area contributed by atoms with Crippen LogP contribution in [-0.4, -0.2) is 60.0 Å². The van der Waals surface area contributed by atoms with Gasteiger partial charge in [0.05, 0.1) is 0 Å². The molecule has 1 aromatic heterocycles. The van der Waals surface area contributed by atoms with Crippen LogP contribution < -0.4 is 9.80 Å². The van der Waals surface area contributed by atoms with Crippen molar-refractivity contribution in [1.82, 2.24) is 4.98 Å². The molecule has 3 heterocycles. The van der Waals surface area contributed by atoms with E-state index >= 15 is 0 Å². The molecule has 1 saturated heterocycles. The Balaban J connectivity index is 0.000000339. The van der Waals surface area contributed by atoms with Gasteiger partial charge in [-0.05, 0) is 36.6 Å². The highest BCUT2D eigenvalue weighted by molar-refractivity contribution is 5.85. The van der Waals surface area contributed by atoms with Gasteiger partial charge in [-0.15, -0.1) is 0 Å². The van der Waals surface area contributed by atoms with Crippen LogP contribution in [0.5, 0.6) is 0 Å². The molecule has 2 N–H and O–H groups in total. The van der Waals surface area contributed by atoms with Crippen molar-refractivity contribution in [1.29, 1.82) is 0 Å². The molecule has 166 valence electrons. The molecule has 2 aliphatic rings. The first-order valence-corrected chi connectivity index (χ1v) is 9.59. The standard InChI is InChI=1S/C19H21N3O2.C2HF3O2/c1-21-13-19(14-5-2-3-7-16(14)21)9-11-22(12-10-19)17-8-4-6-15(20-17)18(23)24;3-2(4,5)1(6)7/h2-8H,9-13H2,1H3,(H,23,24);(H,6,7). The van der Waals surface area contributed by atoms with Crippen molar-refractivity contribution < 1.29 is 33.0 Å². The van der Waals surface area contributed by atoms with E-state index in [9.17, 15) is 18.0 Å². The molecule has 1 fully saturated rings. The molecule has 0 unspecified atom stereocenters. The maximum absolute atomic E-state index is 11.1. The lowest BCUT2D eigenvalue weighted by Crippen LogP contribution is -2.45. The quantitative estimate of drug-likeness (QED) is 0.744. The maximum Gasteiger partial charge on any atom is 0.490 e. The van der Waals surface area contributed by atoms with Crippen LogP contribution in [0, 0.1) is 0 Å². The largest absolute Gasteiger partial charge is 0.490 e. The Morgan fingerprint density at radius 2 is 1.65 bits per heavy atom. The summed E-state index contributed by atoms with van der Waals surface area (Å²) in [4.78, 5) is 28.9. The van der Waals surface area contributed by atoms with Crippen molar-refractivity contribution in [2.45, 2.75) is 24.4 Å². The lowest BCUT2D eigenvalue weighted by Gasteiger charge is -2.40. The number of nitrogens with zero attached hydrogens (tertiary/aromatic N) is 3. The van der Waals surface area contributed by atoms with Crippen LogP contribution in [0.25, 0.3) is 0 Å². The van der Waals surface area contributed by atoms with E-state index in [4.69, 9.17) is 15.0 Å². The molecule has 4 rings (SSSR count). The number of aromatic nitrogens is 1. The number of piperidine rings is 1. The van der Waals surface area contributed by atoms with Crippen molar-refractivity contribution in [3.8, 4) is 0 Å². The van der Waals surface area contributed by atoms with Gasteiger partial charge in [-0.1, -0.05) is 24.3 Å². The van der Waals surface area contributed by atoms with Gasteiger partial charge in [0, 0.05) is 37.8 Å². The monoisotopic (exact) mass is 437 g/mol. The van der Waals surface area contributed by atoms with Crippen LogP contribution in [0.15, 0.2) is 42.5 Å². The van der Waals surface area contributed by atoms with E-state index in [1.54, 1.807) is 12.1 Å². The number of pyridine rings is 1. The number of carbonyl (C=O) groups is 2. The Morgan fingerprint density at radius 1 is 1.03 bits per heavy atom. The summed E-state index contributed by atoms with van der Waals surface area (Å²) in [6, 6.07) is 13.9. The lowest BCUT2D eigenvalue weighted by molar-refractivity contribution is -0.192. The number of aliphatic carboxylic acids is 1. The highest BCUT2D eigenvalue weighted by Crippen LogP contribution is 2.46. The molecule has 31 heavy (non-hydrogen) atoms. The van der Waals surface area contributed by atoms with Gasteiger partial charge >= 0.3 is 18.1 Å². The zero-order valence-corrected chi connectivity index (χ0v) is 16.8. The fourth-order valence-electron chi connectivity index (χ4n) is 4.19. The zero-order valence-electron chi connectivity index (χ0n) is 16.8. The van der Waals surface area contributed by atoms with E-state index in [0.717, 1.165) is 38.3 Å². The van der Waals surface area contributed by atoms with Gasteiger partial charge in [-0.2, -0.15) is 13.2 Å². The fraction of sp³-hybridized carbons (Fsp3) is 0.381. The number of alkyl halides is 3.